The van der Waals surface area contributed by atoms with Crippen LogP contribution in [-0.4, -0.2) is 18.7 Å². The van der Waals surface area contributed by atoms with Gasteiger partial charge in [0.1, 0.15) is 5.76 Å². The summed E-state index contributed by atoms with van der Waals surface area (Å²) in [5.74, 6) is 1.73. The molecule has 0 radical (unpaired) electrons. The summed E-state index contributed by atoms with van der Waals surface area (Å²) in [6.45, 7) is 3.07. The summed E-state index contributed by atoms with van der Waals surface area (Å²) in [7, 11) is 2.00. The van der Waals surface area contributed by atoms with Crippen LogP contribution in [0.2, 0.25) is 0 Å². The molecule has 2 rings (SSSR count). The highest BCUT2D eigenvalue weighted by Crippen LogP contribution is 2.33. The molecule has 1 aromatic rings. The molecule has 0 spiro atoms. The van der Waals surface area contributed by atoms with Gasteiger partial charge in [0.25, 0.3) is 0 Å². The van der Waals surface area contributed by atoms with E-state index < -0.39 is 0 Å². The summed E-state index contributed by atoms with van der Waals surface area (Å²) >= 11 is 0. The predicted octanol–water partition coefficient (Wildman–Crippen LogP) is 1.62. The first-order valence-corrected chi connectivity index (χ1v) is 4.92. The Kier molecular flexibility index (Phi) is 2.36. The third kappa shape index (κ3) is 1.48. The molecule has 1 aliphatic carbocycles. The first-order chi connectivity index (χ1) is 6.33. The minimum atomic E-state index is 0.611. The Morgan fingerprint density at radius 3 is 3.23 bits per heavy atom. The second-order valence-electron chi connectivity index (χ2n) is 3.75. The summed E-state index contributed by atoms with van der Waals surface area (Å²) in [6, 6.07) is 0. The molecule has 0 saturated carbocycles. The van der Waals surface area contributed by atoms with Gasteiger partial charge in [0.2, 0.25) is 0 Å². The fraction of sp³-hybridized carbons (Fsp3) is 0.700. The number of hydrogen-bond donors (Lipinski definition) is 1. The molecule has 0 amide bonds. The molecule has 1 unspecified atom stereocenters. The number of nitrogens with one attached hydrogen (secondary N) is 1. The lowest BCUT2D eigenvalue weighted by molar-refractivity contribution is 0.362. The molecule has 0 aromatic carbocycles. The lowest BCUT2D eigenvalue weighted by Crippen LogP contribution is -2.21. The van der Waals surface area contributed by atoms with Crippen LogP contribution in [0.15, 0.2) is 4.52 Å². The smallest absolute Gasteiger partial charge is 0.140 e. The minimum absolute atomic E-state index is 0.611. The number of likely N-dealkylation sites (N-methyl/N-ethyl adjacent to an activating group) is 1. The Bertz CT molecular complexity index is 293. The maximum atomic E-state index is 5.29. The van der Waals surface area contributed by atoms with Gasteiger partial charge in [-0.05, 0) is 26.8 Å². The molecule has 1 N–H and O–H groups in total. The van der Waals surface area contributed by atoms with Crippen molar-refractivity contribution in [3.05, 3.63) is 17.0 Å². The van der Waals surface area contributed by atoms with Crippen molar-refractivity contribution >= 4 is 0 Å². The third-order valence-corrected chi connectivity index (χ3v) is 2.80. The average molecular weight is 180 g/mol. The summed E-state index contributed by atoms with van der Waals surface area (Å²) < 4.78 is 5.29. The Labute approximate surface area is 78.5 Å². The standard InChI is InChI=1S/C10H16N2O/c1-7-10-8(6-11-2)4-3-5-9(10)13-12-7/h8,11H,3-6H2,1-2H3. The normalized spacial score (nSPS) is 21.5. The van der Waals surface area contributed by atoms with Crippen molar-refractivity contribution in [2.75, 3.05) is 13.6 Å². The van der Waals surface area contributed by atoms with Gasteiger partial charge in [-0.1, -0.05) is 5.16 Å². The van der Waals surface area contributed by atoms with E-state index in [1.807, 2.05) is 14.0 Å². The fourth-order valence-electron chi connectivity index (χ4n) is 2.23. The monoisotopic (exact) mass is 180 g/mol. The van der Waals surface area contributed by atoms with Gasteiger partial charge in [0.15, 0.2) is 0 Å². The van der Waals surface area contributed by atoms with E-state index in [9.17, 15) is 0 Å². The van der Waals surface area contributed by atoms with Crippen molar-refractivity contribution < 1.29 is 4.52 Å². The number of rotatable bonds is 2. The summed E-state index contributed by atoms with van der Waals surface area (Å²) in [6.07, 6.45) is 3.56. The Balaban J connectivity index is 2.29. The predicted molar refractivity (Wildman–Crippen MR) is 50.8 cm³/mol. The highest BCUT2D eigenvalue weighted by Gasteiger charge is 2.25. The van der Waals surface area contributed by atoms with E-state index in [1.54, 1.807) is 0 Å². The van der Waals surface area contributed by atoms with Crippen molar-refractivity contribution in [3.8, 4) is 0 Å². The van der Waals surface area contributed by atoms with E-state index in [0.29, 0.717) is 5.92 Å². The zero-order valence-electron chi connectivity index (χ0n) is 8.26. The van der Waals surface area contributed by atoms with E-state index in [0.717, 1.165) is 24.4 Å². The van der Waals surface area contributed by atoms with E-state index in [1.165, 1.54) is 18.4 Å². The zero-order valence-corrected chi connectivity index (χ0v) is 8.26. The van der Waals surface area contributed by atoms with Crippen molar-refractivity contribution in [1.82, 2.24) is 10.5 Å². The summed E-state index contributed by atoms with van der Waals surface area (Å²) in [5.41, 5.74) is 2.44. The van der Waals surface area contributed by atoms with E-state index >= 15 is 0 Å². The molecular formula is C10H16N2O. The molecule has 1 aliphatic rings. The molecular weight excluding hydrogens is 164 g/mol. The number of aryl methyl sites for hydroxylation is 2. The Hall–Kier alpha value is -0.830. The second kappa shape index (κ2) is 3.50. The van der Waals surface area contributed by atoms with Gasteiger partial charge in [-0.25, -0.2) is 0 Å². The summed E-state index contributed by atoms with van der Waals surface area (Å²) in [5, 5.41) is 7.25. The molecule has 1 aromatic heterocycles. The van der Waals surface area contributed by atoms with Crippen molar-refractivity contribution in [2.45, 2.75) is 32.1 Å². The van der Waals surface area contributed by atoms with Crippen molar-refractivity contribution in [1.29, 1.82) is 0 Å². The number of fused-ring (bicyclic) bond motifs is 1. The number of hydrogen-bond acceptors (Lipinski definition) is 3. The first kappa shape index (κ1) is 8.75. The average Bonchev–Trinajstić information content (AvgIpc) is 2.50. The van der Waals surface area contributed by atoms with Gasteiger partial charge in [-0.3, -0.25) is 0 Å². The van der Waals surface area contributed by atoms with Crippen molar-refractivity contribution in [3.63, 3.8) is 0 Å². The highest BCUT2D eigenvalue weighted by atomic mass is 16.5. The molecule has 3 nitrogen and oxygen atoms in total. The first-order valence-electron chi connectivity index (χ1n) is 4.92. The van der Waals surface area contributed by atoms with Crippen LogP contribution < -0.4 is 5.32 Å². The third-order valence-electron chi connectivity index (χ3n) is 2.80. The number of aromatic nitrogens is 1. The Morgan fingerprint density at radius 1 is 1.62 bits per heavy atom. The fourth-order valence-corrected chi connectivity index (χ4v) is 2.23. The Morgan fingerprint density at radius 2 is 2.46 bits per heavy atom. The summed E-state index contributed by atoms with van der Waals surface area (Å²) in [4.78, 5) is 0. The quantitative estimate of drug-likeness (QED) is 0.751. The van der Waals surface area contributed by atoms with Crippen molar-refractivity contribution in [2.24, 2.45) is 0 Å². The molecule has 72 valence electrons. The van der Waals surface area contributed by atoms with Crippen LogP contribution >= 0.6 is 0 Å². The topological polar surface area (TPSA) is 38.1 Å². The highest BCUT2D eigenvalue weighted by molar-refractivity contribution is 5.29. The van der Waals surface area contributed by atoms with Gasteiger partial charge >= 0.3 is 0 Å². The van der Waals surface area contributed by atoms with Crippen LogP contribution in [0.1, 0.15) is 35.8 Å². The maximum absolute atomic E-state index is 5.29. The minimum Gasteiger partial charge on any atom is -0.361 e. The zero-order chi connectivity index (χ0) is 9.26. The van der Waals surface area contributed by atoms with E-state index in [-0.39, 0.29) is 0 Å². The van der Waals surface area contributed by atoms with Gasteiger partial charge in [-0.2, -0.15) is 0 Å². The molecule has 1 heterocycles. The molecule has 0 saturated heterocycles. The van der Waals surface area contributed by atoms with Gasteiger partial charge < -0.3 is 9.84 Å². The largest absolute Gasteiger partial charge is 0.361 e. The van der Waals surface area contributed by atoms with Crippen LogP contribution in [0.5, 0.6) is 0 Å². The van der Waals surface area contributed by atoms with E-state index in [4.69, 9.17) is 4.52 Å². The maximum Gasteiger partial charge on any atom is 0.140 e. The molecule has 13 heavy (non-hydrogen) atoms. The van der Waals surface area contributed by atoms with Crippen LogP contribution in [0.3, 0.4) is 0 Å². The lowest BCUT2D eigenvalue weighted by Gasteiger charge is -2.20. The molecule has 1 atom stereocenters. The van der Waals surface area contributed by atoms with Gasteiger partial charge in [0.05, 0.1) is 5.69 Å². The van der Waals surface area contributed by atoms with Gasteiger partial charge in [0, 0.05) is 24.4 Å². The SMILES string of the molecule is CNCC1CCCc2onc(C)c21. The van der Waals surface area contributed by atoms with Crippen LogP contribution in [0.4, 0.5) is 0 Å². The molecule has 0 bridgehead atoms. The lowest BCUT2D eigenvalue weighted by atomic mass is 9.86. The van der Waals surface area contributed by atoms with Gasteiger partial charge in [-0.15, -0.1) is 0 Å². The van der Waals surface area contributed by atoms with Crippen LogP contribution in [-0.2, 0) is 6.42 Å². The van der Waals surface area contributed by atoms with Crippen LogP contribution in [0.25, 0.3) is 0 Å². The number of nitrogens with zero attached hydrogens (tertiary/aromatic N) is 1. The molecule has 0 aliphatic heterocycles. The molecule has 0 fully saturated rings. The van der Waals surface area contributed by atoms with Crippen LogP contribution in [0, 0.1) is 6.92 Å². The molecule has 3 heteroatoms. The van der Waals surface area contributed by atoms with E-state index in [2.05, 4.69) is 10.5 Å². The second-order valence-corrected chi connectivity index (χ2v) is 3.75.